The lowest BCUT2D eigenvalue weighted by Gasteiger charge is -2.10. The molecule has 7 heteroatoms. The Morgan fingerprint density at radius 2 is 1.81 bits per heavy atom. The molecule has 0 bridgehead atoms. The van der Waals surface area contributed by atoms with Gasteiger partial charge < -0.3 is 0 Å². The molecule has 2 aromatic heterocycles. The number of hydrogen-bond donors (Lipinski definition) is 2. The molecule has 27 heavy (non-hydrogen) atoms. The molecule has 0 saturated carbocycles. The van der Waals surface area contributed by atoms with E-state index in [0.717, 1.165) is 22.2 Å². The second kappa shape index (κ2) is 6.81. The summed E-state index contributed by atoms with van der Waals surface area (Å²) in [6.07, 6.45) is 0. The predicted molar refractivity (Wildman–Crippen MR) is 108 cm³/mol. The quantitative estimate of drug-likeness (QED) is 0.553. The molecular formula is C20H16ClN5O. The highest BCUT2D eigenvalue weighted by molar-refractivity contribution is 6.33. The van der Waals surface area contributed by atoms with Crippen molar-refractivity contribution in [1.29, 1.82) is 0 Å². The van der Waals surface area contributed by atoms with Gasteiger partial charge in [-0.2, -0.15) is 0 Å². The Hall–Kier alpha value is -3.25. The Morgan fingerprint density at radius 1 is 1.00 bits per heavy atom. The first-order chi connectivity index (χ1) is 13.0. The number of fused-ring (bicyclic) bond motifs is 1. The van der Waals surface area contributed by atoms with E-state index in [-0.39, 0.29) is 11.5 Å². The van der Waals surface area contributed by atoms with Crippen LogP contribution in [0.1, 0.15) is 11.3 Å². The van der Waals surface area contributed by atoms with Crippen molar-refractivity contribution in [3.05, 3.63) is 75.2 Å². The average molecular weight is 378 g/mol. The minimum atomic E-state index is -0.295. The third-order valence-electron chi connectivity index (χ3n) is 4.24. The molecule has 0 aliphatic carbocycles. The van der Waals surface area contributed by atoms with Gasteiger partial charge in [-0.3, -0.25) is 15.1 Å². The molecule has 134 valence electrons. The molecule has 0 unspecified atom stereocenters. The van der Waals surface area contributed by atoms with E-state index < -0.39 is 0 Å². The van der Waals surface area contributed by atoms with Crippen LogP contribution in [-0.2, 0) is 0 Å². The summed E-state index contributed by atoms with van der Waals surface area (Å²) in [5.74, 6) is 0.624. The van der Waals surface area contributed by atoms with Gasteiger partial charge in [0.15, 0.2) is 0 Å². The fourth-order valence-corrected chi connectivity index (χ4v) is 3.17. The summed E-state index contributed by atoms with van der Waals surface area (Å²) in [6.45, 7) is 3.92. The summed E-state index contributed by atoms with van der Waals surface area (Å²) in [5.41, 5.74) is 3.61. The maximum absolute atomic E-state index is 12.1. The highest BCUT2D eigenvalue weighted by Crippen LogP contribution is 2.26. The number of H-pyrrole nitrogens is 1. The van der Waals surface area contributed by atoms with Gasteiger partial charge in [-0.25, -0.2) is 15.0 Å². The van der Waals surface area contributed by atoms with Crippen LogP contribution in [-0.4, -0.2) is 19.9 Å². The molecule has 0 spiro atoms. The number of aromatic amines is 1. The zero-order chi connectivity index (χ0) is 19.0. The molecule has 4 rings (SSSR count). The lowest BCUT2D eigenvalue weighted by molar-refractivity contribution is 1.08. The number of para-hydroxylation sites is 1. The number of nitrogens with one attached hydrogen (secondary N) is 2. The van der Waals surface area contributed by atoms with Crippen LogP contribution >= 0.6 is 11.6 Å². The second-order valence-electron chi connectivity index (χ2n) is 6.19. The SMILES string of the molecule is Cc1nc(Nc2nc(-c3ccccc3Cl)cc(=O)[nH]2)nc2c(C)cccc12. The van der Waals surface area contributed by atoms with Gasteiger partial charge in [-0.05, 0) is 25.5 Å². The van der Waals surface area contributed by atoms with Gasteiger partial charge in [0, 0.05) is 22.0 Å². The summed E-state index contributed by atoms with van der Waals surface area (Å²) in [7, 11) is 0. The van der Waals surface area contributed by atoms with Crippen molar-refractivity contribution in [2.75, 3.05) is 5.32 Å². The monoisotopic (exact) mass is 377 g/mol. The number of halogens is 1. The van der Waals surface area contributed by atoms with E-state index in [9.17, 15) is 4.79 Å². The van der Waals surface area contributed by atoms with Crippen LogP contribution in [0.15, 0.2) is 53.3 Å². The van der Waals surface area contributed by atoms with Gasteiger partial charge in [0.25, 0.3) is 5.56 Å². The zero-order valence-electron chi connectivity index (χ0n) is 14.7. The van der Waals surface area contributed by atoms with Crippen molar-refractivity contribution in [3.8, 4) is 11.3 Å². The van der Waals surface area contributed by atoms with Gasteiger partial charge in [-0.1, -0.05) is 48.0 Å². The Morgan fingerprint density at radius 3 is 2.63 bits per heavy atom. The second-order valence-corrected chi connectivity index (χ2v) is 6.59. The number of aryl methyl sites for hydroxylation is 2. The van der Waals surface area contributed by atoms with Crippen LogP contribution < -0.4 is 10.9 Å². The van der Waals surface area contributed by atoms with E-state index in [1.165, 1.54) is 6.07 Å². The largest absolute Gasteiger partial charge is 0.294 e. The van der Waals surface area contributed by atoms with Gasteiger partial charge in [0.1, 0.15) is 0 Å². The van der Waals surface area contributed by atoms with Gasteiger partial charge in [0.2, 0.25) is 11.9 Å². The molecule has 6 nitrogen and oxygen atoms in total. The molecule has 0 radical (unpaired) electrons. The van der Waals surface area contributed by atoms with Crippen LogP contribution in [0.3, 0.4) is 0 Å². The zero-order valence-corrected chi connectivity index (χ0v) is 15.5. The number of rotatable bonds is 3. The van der Waals surface area contributed by atoms with Crippen LogP contribution in [0.2, 0.25) is 5.02 Å². The van der Waals surface area contributed by atoms with Crippen molar-refractivity contribution in [1.82, 2.24) is 19.9 Å². The molecule has 0 aliphatic rings. The third kappa shape index (κ3) is 3.39. The van der Waals surface area contributed by atoms with Crippen molar-refractivity contribution >= 4 is 34.4 Å². The summed E-state index contributed by atoms with van der Waals surface area (Å²) in [5, 5.41) is 4.52. The highest BCUT2D eigenvalue weighted by atomic mass is 35.5. The first-order valence-electron chi connectivity index (χ1n) is 8.38. The lowest BCUT2D eigenvalue weighted by Crippen LogP contribution is -2.12. The molecular weight excluding hydrogens is 362 g/mol. The van der Waals surface area contributed by atoms with Crippen LogP contribution in [0.5, 0.6) is 0 Å². The smallest absolute Gasteiger partial charge is 0.252 e. The maximum atomic E-state index is 12.1. The van der Waals surface area contributed by atoms with E-state index in [1.807, 2.05) is 50.2 Å². The fraction of sp³-hybridized carbons (Fsp3) is 0.100. The van der Waals surface area contributed by atoms with Crippen LogP contribution in [0.25, 0.3) is 22.2 Å². The number of hydrogen-bond acceptors (Lipinski definition) is 5. The van der Waals surface area contributed by atoms with Crippen molar-refractivity contribution in [2.24, 2.45) is 0 Å². The van der Waals surface area contributed by atoms with E-state index in [0.29, 0.717) is 22.2 Å². The van der Waals surface area contributed by atoms with E-state index in [4.69, 9.17) is 11.6 Å². The molecule has 0 fully saturated rings. The molecule has 0 atom stereocenters. The summed E-state index contributed by atoms with van der Waals surface area (Å²) < 4.78 is 0. The van der Waals surface area contributed by atoms with Gasteiger partial charge >= 0.3 is 0 Å². The minimum Gasteiger partial charge on any atom is -0.294 e. The molecule has 4 aromatic rings. The number of aromatic nitrogens is 4. The Bertz CT molecular complexity index is 1220. The van der Waals surface area contributed by atoms with Crippen molar-refractivity contribution in [3.63, 3.8) is 0 Å². The molecule has 2 aromatic carbocycles. The van der Waals surface area contributed by atoms with Crippen molar-refractivity contribution in [2.45, 2.75) is 13.8 Å². The van der Waals surface area contributed by atoms with Crippen molar-refractivity contribution < 1.29 is 0 Å². The molecule has 0 amide bonds. The van der Waals surface area contributed by atoms with Gasteiger partial charge in [-0.15, -0.1) is 0 Å². The molecule has 2 heterocycles. The number of benzene rings is 2. The topological polar surface area (TPSA) is 83.6 Å². The number of anilines is 2. The Kier molecular flexibility index (Phi) is 4.33. The first kappa shape index (κ1) is 17.2. The normalized spacial score (nSPS) is 10.9. The van der Waals surface area contributed by atoms with E-state index in [1.54, 1.807) is 6.07 Å². The van der Waals surface area contributed by atoms with Crippen LogP contribution in [0, 0.1) is 13.8 Å². The molecule has 2 N–H and O–H groups in total. The first-order valence-corrected chi connectivity index (χ1v) is 8.76. The summed E-state index contributed by atoms with van der Waals surface area (Å²) in [4.78, 5) is 28.3. The Labute approximate surface area is 160 Å². The molecule has 0 aliphatic heterocycles. The summed E-state index contributed by atoms with van der Waals surface area (Å²) >= 11 is 6.23. The minimum absolute atomic E-state index is 0.254. The van der Waals surface area contributed by atoms with Gasteiger partial charge in [0.05, 0.1) is 16.9 Å². The third-order valence-corrected chi connectivity index (χ3v) is 4.57. The Balaban J connectivity index is 1.78. The lowest BCUT2D eigenvalue weighted by atomic mass is 10.1. The maximum Gasteiger partial charge on any atom is 0.252 e. The van der Waals surface area contributed by atoms with Crippen LogP contribution in [0.4, 0.5) is 11.9 Å². The number of nitrogens with zero attached hydrogens (tertiary/aromatic N) is 3. The standard InChI is InChI=1S/C20H16ClN5O/c1-11-6-5-8-13-12(2)22-19(25-18(11)13)26-20-23-16(10-17(27)24-20)14-7-3-4-9-15(14)21/h3-10H,1-2H3,(H2,22,23,24,25,26,27). The van der Waals surface area contributed by atoms with E-state index >= 15 is 0 Å². The predicted octanol–water partition coefficient (Wildman–Crippen LogP) is 4.39. The summed E-state index contributed by atoms with van der Waals surface area (Å²) in [6, 6.07) is 14.6. The molecule has 0 saturated heterocycles. The van der Waals surface area contributed by atoms with E-state index in [2.05, 4.69) is 25.3 Å². The average Bonchev–Trinajstić information content (AvgIpc) is 2.62. The highest BCUT2D eigenvalue weighted by Gasteiger charge is 2.10. The fourth-order valence-electron chi connectivity index (χ4n) is 2.93.